The highest BCUT2D eigenvalue weighted by Gasteiger charge is 2.13. The van der Waals surface area contributed by atoms with Gasteiger partial charge in [0.15, 0.2) is 0 Å². The van der Waals surface area contributed by atoms with Gasteiger partial charge in [0, 0.05) is 18.3 Å². The maximum atomic E-state index is 11.5. The Morgan fingerprint density at radius 3 is 2.74 bits per heavy atom. The molecule has 1 aromatic heterocycles. The average Bonchev–Trinajstić information content (AvgIpc) is 2.48. The minimum atomic E-state index is -0.738. The molecule has 3 N–H and O–H groups in total. The van der Waals surface area contributed by atoms with Crippen molar-refractivity contribution in [2.75, 3.05) is 0 Å². The van der Waals surface area contributed by atoms with Crippen molar-refractivity contribution in [2.45, 2.75) is 6.92 Å². The molecule has 9 heteroatoms. The predicted octanol–water partition coefficient (Wildman–Crippen LogP) is 1.62. The number of rotatable bonds is 3. The Labute approximate surface area is 128 Å². The second kappa shape index (κ2) is 5.98. The number of phenolic OH excluding ortho intramolecular Hbond substituents is 1. The van der Waals surface area contributed by atoms with Gasteiger partial charge in [0.2, 0.25) is 5.88 Å². The molecule has 0 bridgehead atoms. The van der Waals surface area contributed by atoms with Crippen LogP contribution in [0.3, 0.4) is 0 Å². The molecule has 0 atom stereocenters. The molecule has 9 nitrogen and oxygen atoms in total. The smallest absolute Gasteiger partial charge is 0.271 e. The van der Waals surface area contributed by atoms with Crippen molar-refractivity contribution in [1.29, 1.82) is 5.26 Å². The number of nitro groups is 1. The Morgan fingerprint density at radius 2 is 2.13 bits per heavy atom. The summed E-state index contributed by atoms with van der Waals surface area (Å²) in [6.07, 6.45) is 1.10. The molecule has 0 saturated heterocycles. The van der Waals surface area contributed by atoms with Crippen molar-refractivity contribution in [3.8, 4) is 17.7 Å². The summed E-state index contributed by atoms with van der Waals surface area (Å²) < 4.78 is 0. The molecule has 0 amide bonds. The number of aliphatic imine (C=N–C) groups is 1. The number of nitro benzene ring substituents is 1. The van der Waals surface area contributed by atoms with Crippen molar-refractivity contribution < 1.29 is 15.1 Å². The van der Waals surface area contributed by atoms with Gasteiger partial charge in [0.1, 0.15) is 23.1 Å². The van der Waals surface area contributed by atoms with E-state index in [4.69, 9.17) is 5.26 Å². The van der Waals surface area contributed by atoms with Gasteiger partial charge in [-0.3, -0.25) is 24.9 Å². The van der Waals surface area contributed by atoms with E-state index in [2.05, 4.69) is 9.98 Å². The van der Waals surface area contributed by atoms with E-state index in [-0.39, 0.29) is 33.8 Å². The third kappa shape index (κ3) is 3.01. The third-order valence-corrected chi connectivity index (χ3v) is 3.11. The second-order valence-electron chi connectivity index (χ2n) is 4.52. The van der Waals surface area contributed by atoms with E-state index >= 15 is 0 Å². The summed E-state index contributed by atoms with van der Waals surface area (Å²) in [5, 5.41) is 39.1. The Balaban J connectivity index is 2.54. The highest BCUT2D eigenvalue weighted by Crippen LogP contribution is 2.30. The van der Waals surface area contributed by atoms with E-state index in [0.717, 1.165) is 24.4 Å². The SMILES string of the molecule is Cc1c(C=Nc2cc([N+](=O)[O-])ccc2O)c(O)[nH]c(=O)c1C#N. The van der Waals surface area contributed by atoms with Crippen LogP contribution in [0.15, 0.2) is 28.0 Å². The molecule has 116 valence electrons. The molecule has 0 saturated carbocycles. The number of nitrogens with one attached hydrogen (secondary N) is 1. The van der Waals surface area contributed by atoms with Gasteiger partial charge in [0.05, 0.1) is 10.5 Å². The molecular formula is C14H10N4O5. The molecule has 2 aromatic rings. The van der Waals surface area contributed by atoms with Crippen molar-refractivity contribution in [3.05, 3.63) is 55.4 Å². The van der Waals surface area contributed by atoms with Crippen LogP contribution in [0.2, 0.25) is 0 Å². The van der Waals surface area contributed by atoms with Crippen LogP contribution in [0, 0.1) is 28.4 Å². The van der Waals surface area contributed by atoms with Crippen LogP contribution < -0.4 is 5.56 Å². The number of hydrogen-bond acceptors (Lipinski definition) is 7. The molecule has 0 radical (unpaired) electrons. The number of aromatic nitrogens is 1. The predicted molar refractivity (Wildman–Crippen MR) is 80.2 cm³/mol. The zero-order chi connectivity index (χ0) is 17.1. The molecule has 0 aliphatic rings. The lowest BCUT2D eigenvalue weighted by Gasteiger charge is -2.05. The maximum absolute atomic E-state index is 11.5. The van der Waals surface area contributed by atoms with Gasteiger partial charge in [0.25, 0.3) is 11.2 Å². The zero-order valence-electron chi connectivity index (χ0n) is 11.8. The summed E-state index contributed by atoms with van der Waals surface area (Å²) in [5.74, 6) is -0.797. The molecule has 0 unspecified atom stereocenters. The minimum absolute atomic E-state index is 0.0621. The first-order chi connectivity index (χ1) is 10.8. The third-order valence-electron chi connectivity index (χ3n) is 3.11. The number of aromatic hydroxyl groups is 2. The second-order valence-corrected chi connectivity index (χ2v) is 4.52. The monoisotopic (exact) mass is 314 g/mol. The molecule has 0 fully saturated rings. The zero-order valence-corrected chi connectivity index (χ0v) is 11.8. The van der Waals surface area contributed by atoms with Gasteiger partial charge < -0.3 is 10.2 Å². The highest BCUT2D eigenvalue weighted by molar-refractivity contribution is 5.87. The lowest BCUT2D eigenvalue weighted by atomic mass is 10.1. The normalized spacial score (nSPS) is 10.6. The molecule has 23 heavy (non-hydrogen) atoms. The fourth-order valence-corrected chi connectivity index (χ4v) is 1.88. The molecule has 0 spiro atoms. The van der Waals surface area contributed by atoms with E-state index < -0.39 is 16.4 Å². The summed E-state index contributed by atoms with van der Waals surface area (Å²) in [6, 6.07) is 4.99. The van der Waals surface area contributed by atoms with E-state index in [9.17, 15) is 25.1 Å². The first-order valence-corrected chi connectivity index (χ1v) is 6.22. The van der Waals surface area contributed by atoms with Crippen LogP contribution in [0.25, 0.3) is 0 Å². The molecule has 2 rings (SSSR count). The number of nitrogens with zero attached hydrogens (tertiary/aromatic N) is 3. The lowest BCUT2D eigenvalue weighted by Crippen LogP contribution is -2.14. The summed E-state index contributed by atoms with van der Waals surface area (Å²) in [7, 11) is 0. The highest BCUT2D eigenvalue weighted by atomic mass is 16.6. The summed E-state index contributed by atoms with van der Waals surface area (Å²) in [5.41, 5.74) is -1.03. The van der Waals surface area contributed by atoms with Gasteiger partial charge in [-0.05, 0) is 18.6 Å². The number of nitriles is 1. The number of benzene rings is 1. The van der Waals surface area contributed by atoms with Crippen molar-refractivity contribution in [1.82, 2.24) is 4.98 Å². The van der Waals surface area contributed by atoms with Gasteiger partial charge >= 0.3 is 0 Å². The first-order valence-electron chi connectivity index (χ1n) is 6.22. The van der Waals surface area contributed by atoms with E-state index in [0.29, 0.717) is 0 Å². The Bertz CT molecular complexity index is 924. The van der Waals surface area contributed by atoms with Gasteiger partial charge in [-0.1, -0.05) is 0 Å². The van der Waals surface area contributed by atoms with Crippen LogP contribution in [0.5, 0.6) is 11.6 Å². The molecule has 0 aliphatic carbocycles. The van der Waals surface area contributed by atoms with Gasteiger partial charge in [-0.2, -0.15) is 5.26 Å². The number of phenols is 1. The number of aromatic amines is 1. The maximum Gasteiger partial charge on any atom is 0.271 e. The summed E-state index contributed by atoms with van der Waals surface area (Å²) in [6.45, 7) is 1.45. The molecule has 1 heterocycles. The van der Waals surface area contributed by atoms with Crippen LogP contribution >= 0.6 is 0 Å². The Kier molecular flexibility index (Phi) is 4.09. The minimum Gasteiger partial charge on any atom is -0.506 e. The molecule has 0 aliphatic heterocycles. The largest absolute Gasteiger partial charge is 0.506 e. The van der Waals surface area contributed by atoms with Crippen LogP contribution in [0.1, 0.15) is 16.7 Å². The lowest BCUT2D eigenvalue weighted by molar-refractivity contribution is -0.384. The van der Waals surface area contributed by atoms with E-state index in [1.807, 2.05) is 0 Å². The first kappa shape index (κ1) is 15.7. The number of non-ortho nitro benzene ring substituents is 1. The van der Waals surface area contributed by atoms with E-state index in [1.165, 1.54) is 6.92 Å². The van der Waals surface area contributed by atoms with Crippen molar-refractivity contribution >= 4 is 17.6 Å². The van der Waals surface area contributed by atoms with Crippen molar-refractivity contribution in [2.24, 2.45) is 4.99 Å². The Morgan fingerprint density at radius 1 is 1.43 bits per heavy atom. The number of hydrogen-bond donors (Lipinski definition) is 3. The van der Waals surface area contributed by atoms with Crippen LogP contribution in [0.4, 0.5) is 11.4 Å². The average molecular weight is 314 g/mol. The van der Waals surface area contributed by atoms with Gasteiger partial charge in [-0.25, -0.2) is 0 Å². The summed E-state index contributed by atoms with van der Waals surface area (Å²) >= 11 is 0. The molecular weight excluding hydrogens is 304 g/mol. The van der Waals surface area contributed by atoms with Gasteiger partial charge in [-0.15, -0.1) is 0 Å². The number of H-pyrrole nitrogens is 1. The molecule has 1 aromatic carbocycles. The topological polar surface area (TPSA) is 153 Å². The van der Waals surface area contributed by atoms with Crippen LogP contribution in [-0.4, -0.2) is 26.3 Å². The summed E-state index contributed by atoms with van der Waals surface area (Å²) in [4.78, 5) is 27.5. The van der Waals surface area contributed by atoms with Crippen LogP contribution in [-0.2, 0) is 0 Å². The fourth-order valence-electron chi connectivity index (χ4n) is 1.88. The van der Waals surface area contributed by atoms with E-state index in [1.54, 1.807) is 6.07 Å². The standard InChI is InChI=1S/C14H10N4O5/c1-7-9(5-15)13(20)17-14(21)10(7)6-16-11-4-8(18(22)23)2-3-12(11)19/h2-4,6,19H,1H3,(H2,17,20,21). The quantitative estimate of drug-likeness (QED) is 0.444. The van der Waals surface area contributed by atoms with Crippen molar-refractivity contribution in [3.63, 3.8) is 0 Å². The number of pyridine rings is 1. The Hall–Kier alpha value is -3.67. The fraction of sp³-hybridized carbons (Fsp3) is 0.0714.